The van der Waals surface area contributed by atoms with E-state index in [1.165, 1.54) is 12.3 Å². The summed E-state index contributed by atoms with van der Waals surface area (Å²) < 4.78 is 5.82. The first kappa shape index (κ1) is 18.7. The predicted molar refractivity (Wildman–Crippen MR) is 114 cm³/mol. The van der Waals surface area contributed by atoms with Crippen LogP contribution in [0, 0.1) is 0 Å². The summed E-state index contributed by atoms with van der Waals surface area (Å²) in [5.41, 5.74) is 4.84. The third kappa shape index (κ3) is 4.25. The van der Waals surface area contributed by atoms with Gasteiger partial charge in [0.15, 0.2) is 5.43 Å². The first-order valence-corrected chi connectivity index (χ1v) is 9.20. The van der Waals surface area contributed by atoms with E-state index in [2.05, 4.69) is 10.5 Å². The lowest BCUT2D eigenvalue weighted by atomic mass is 10.1. The van der Waals surface area contributed by atoms with Gasteiger partial charge in [0, 0.05) is 22.2 Å². The number of carbonyl (C=O) groups is 1. The van der Waals surface area contributed by atoms with E-state index in [4.69, 9.17) is 16.0 Å². The van der Waals surface area contributed by atoms with Gasteiger partial charge < -0.3 is 4.42 Å². The summed E-state index contributed by atoms with van der Waals surface area (Å²) in [4.78, 5) is 24.5. The molecule has 4 rings (SSSR count). The molecule has 1 aromatic heterocycles. The van der Waals surface area contributed by atoms with Gasteiger partial charge in [-0.2, -0.15) is 5.10 Å². The van der Waals surface area contributed by atoms with Crippen LogP contribution >= 0.6 is 11.6 Å². The average molecular weight is 403 g/mol. The minimum absolute atomic E-state index is 0.111. The van der Waals surface area contributed by atoms with Crippen LogP contribution in [0.3, 0.4) is 0 Å². The fourth-order valence-corrected chi connectivity index (χ4v) is 2.94. The van der Waals surface area contributed by atoms with Crippen LogP contribution in [0.4, 0.5) is 0 Å². The van der Waals surface area contributed by atoms with E-state index in [1.807, 2.05) is 6.07 Å². The molecule has 0 atom stereocenters. The number of halogens is 1. The highest BCUT2D eigenvalue weighted by Crippen LogP contribution is 2.22. The number of rotatable bonds is 4. The van der Waals surface area contributed by atoms with E-state index in [0.717, 1.165) is 5.56 Å². The molecule has 0 bridgehead atoms. The lowest BCUT2D eigenvalue weighted by Gasteiger charge is -2.05. The minimum Gasteiger partial charge on any atom is -0.456 e. The Morgan fingerprint density at radius 1 is 0.966 bits per heavy atom. The molecule has 3 aromatic carbocycles. The van der Waals surface area contributed by atoms with Crippen molar-refractivity contribution < 1.29 is 9.21 Å². The molecule has 5 nitrogen and oxygen atoms in total. The molecule has 0 unspecified atom stereocenters. The maximum absolute atomic E-state index is 12.3. The number of nitrogens with one attached hydrogen (secondary N) is 1. The van der Waals surface area contributed by atoms with Crippen LogP contribution in [0.2, 0.25) is 5.02 Å². The minimum atomic E-state index is -0.346. The van der Waals surface area contributed by atoms with Gasteiger partial charge in [0.25, 0.3) is 5.91 Å². The molecule has 0 aliphatic rings. The summed E-state index contributed by atoms with van der Waals surface area (Å²) in [6.07, 6.45) is 1.53. The SMILES string of the molecule is O=C(N/N=C/c1ccc(Cl)cc1)c1ccc(-c2cc(=O)c3ccccc3o2)cc1. The molecule has 0 radical (unpaired) electrons. The van der Waals surface area contributed by atoms with Gasteiger partial charge in [0.2, 0.25) is 0 Å². The first-order valence-electron chi connectivity index (χ1n) is 8.82. The second-order valence-electron chi connectivity index (χ2n) is 6.30. The zero-order chi connectivity index (χ0) is 20.2. The Morgan fingerprint density at radius 2 is 1.69 bits per heavy atom. The third-order valence-electron chi connectivity index (χ3n) is 4.32. The van der Waals surface area contributed by atoms with Crippen molar-refractivity contribution in [1.82, 2.24) is 5.43 Å². The van der Waals surface area contributed by atoms with Crippen molar-refractivity contribution in [2.45, 2.75) is 0 Å². The van der Waals surface area contributed by atoms with E-state index in [1.54, 1.807) is 66.7 Å². The van der Waals surface area contributed by atoms with Crippen molar-refractivity contribution in [1.29, 1.82) is 0 Å². The van der Waals surface area contributed by atoms with E-state index in [9.17, 15) is 9.59 Å². The molecule has 0 aliphatic carbocycles. The lowest BCUT2D eigenvalue weighted by Crippen LogP contribution is -2.17. The monoisotopic (exact) mass is 402 g/mol. The highest BCUT2D eigenvalue weighted by atomic mass is 35.5. The number of hydrogen-bond donors (Lipinski definition) is 1. The molecule has 6 heteroatoms. The Hall–Kier alpha value is -3.70. The van der Waals surface area contributed by atoms with E-state index in [-0.39, 0.29) is 11.3 Å². The van der Waals surface area contributed by atoms with Crippen molar-refractivity contribution in [3.63, 3.8) is 0 Å². The van der Waals surface area contributed by atoms with Crippen LogP contribution < -0.4 is 10.9 Å². The quantitative estimate of drug-likeness (QED) is 0.390. The fraction of sp³-hybridized carbons (Fsp3) is 0. The van der Waals surface area contributed by atoms with Crippen LogP contribution in [0.25, 0.3) is 22.3 Å². The normalized spacial score (nSPS) is 11.1. The molecule has 4 aromatic rings. The zero-order valence-corrected chi connectivity index (χ0v) is 15.9. The molecule has 0 saturated heterocycles. The van der Waals surface area contributed by atoms with Crippen LogP contribution in [-0.4, -0.2) is 12.1 Å². The third-order valence-corrected chi connectivity index (χ3v) is 4.57. The first-order chi connectivity index (χ1) is 14.1. The van der Waals surface area contributed by atoms with Crippen molar-refractivity contribution in [3.05, 3.63) is 105 Å². The predicted octanol–water partition coefficient (Wildman–Crippen LogP) is 4.88. The fourth-order valence-electron chi connectivity index (χ4n) is 2.81. The maximum atomic E-state index is 12.3. The lowest BCUT2D eigenvalue weighted by molar-refractivity contribution is 0.0955. The Balaban J connectivity index is 1.49. The molecular formula is C23H15ClN2O3. The number of hydrogen-bond acceptors (Lipinski definition) is 4. The molecule has 29 heavy (non-hydrogen) atoms. The standard InChI is InChI=1S/C23H15ClN2O3/c24-18-11-5-15(6-12-18)14-25-26-23(28)17-9-7-16(8-10-17)22-13-20(27)19-3-1-2-4-21(19)29-22/h1-14H,(H,26,28)/b25-14+. The topological polar surface area (TPSA) is 71.7 Å². The van der Waals surface area contributed by atoms with E-state index < -0.39 is 0 Å². The molecule has 0 saturated carbocycles. The molecule has 1 amide bonds. The Kier molecular flexibility index (Phi) is 5.22. The van der Waals surface area contributed by atoms with Crippen LogP contribution in [0.5, 0.6) is 0 Å². The Bertz CT molecular complexity index is 1260. The van der Waals surface area contributed by atoms with Crippen molar-refractivity contribution >= 4 is 34.7 Å². The van der Waals surface area contributed by atoms with Crippen molar-refractivity contribution in [2.24, 2.45) is 5.10 Å². The highest BCUT2D eigenvalue weighted by molar-refractivity contribution is 6.30. The smallest absolute Gasteiger partial charge is 0.271 e. The van der Waals surface area contributed by atoms with Crippen LogP contribution in [0.1, 0.15) is 15.9 Å². The molecular weight excluding hydrogens is 388 g/mol. The number of para-hydroxylation sites is 1. The maximum Gasteiger partial charge on any atom is 0.271 e. The molecule has 0 fully saturated rings. The summed E-state index contributed by atoms with van der Waals surface area (Å²) in [5, 5.41) is 5.11. The molecule has 0 spiro atoms. The number of hydrazone groups is 1. The van der Waals surface area contributed by atoms with Gasteiger partial charge in [-0.15, -0.1) is 0 Å². The van der Waals surface area contributed by atoms with E-state index >= 15 is 0 Å². The highest BCUT2D eigenvalue weighted by Gasteiger charge is 2.09. The summed E-state index contributed by atoms with van der Waals surface area (Å²) in [7, 11) is 0. The van der Waals surface area contributed by atoms with Gasteiger partial charge in [0.05, 0.1) is 11.6 Å². The molecule has 0 aliphatic heterocycles. The molecule has 1 N–H and O–H groups in total. The number of fused-ring (bicyclic) bond motifs is 1. The average Bonchev–Trinajstić information content (AvgIpc) is 2.75. The van der Waals surface area contributed by atoms with Gasteiger partial charge in [-0.05, 0) is 42.0 Å². The van der Waals surface area contributed by atoms with Gasteiger partial charge in [0.1, 0.15) is 11.3 Å². The van der Waals surface area contributed by atoms with Gasteiger partial charge in [-0.25, -0.2) is 5.43 Å². The van der Waals surface area contributed by atoms with E-state index in [0.29, 0.717) is 32.9 Å². The number of nitrogens with zero attached hydrogens (tertiary/aromatic N) is 1. The molecule has 142 valence electrons. The largest absolute Gasteiger partial charge is 0.456 e. The van der Waals surface area contributed by atoms with Crippen molar-refractivity contribution in [2.75, 3.05) is 0 Å². The number of benzene rings is 3. The van der Waals surface area contributed by atoms with Crippen molar-refractivity contribution in [3.8, 4) is 11.3 Å². The Labute approximate surface area is 171 Å². The number of amides is 1. The summed E-state index contributed by atoms with van der Waals surface area (Å²) >= 11 is 5.83. The van der Waals surface area contributed by atoms with Crippen LogP contribution in [0.15, 0.2) is 93.2 Å². The summed E-state index contributed by atoms with van der Waals surface area (Å²) in [5.74, 6) is 0.100. The Morgan fingerprint density at radius 3 is 2.45 bits per heavy atom. The molecule has 1 heterocycles. The second kappa shape index (κ2) is 8.12. The summed E-state index contributed by atoms with van der Waals surface area (Å²) in [6.45, 7) is 0. The van der Waals surface area contributed by atoms with Gasteiger partial charge in [-0.3, -0.25) is 9.59 Å². The zero-order valence-electron chi connectivity index (χ0n) is 15.1. The second-order valence-corrected chi connectivity index (χ2v) is 6.74. The van der Waals surface area contributed by atoms with Gasteiger partial charge >= 0.3 is 0 Å². The van der Waals surface area contributed by atoms with Gasteiger partial charge in [-0.1, -0.05) is 48.0 Å². The summed E-state index contributed by atoms with van der Waals surface area (Å²) in [6, 6.07) is 22.4. The number of carbonyl (C=O) groups excluding carboxylic acids is 1. The van der Waals surface area contributed by atoms with Crippen LogP contribution in [-0.2, 0) is 0 Å².